The number of likely N-dealkylation sites (tertiary alicyclic amines) is 3. The molecule has 130 heavy (non-hydrogen) atoms. The zero-order valence-electron chi connectivity index (χ0n) is 75.2. The molecular weight excluding hydrogens is 1740 g/mol. The normalized spacial score (nSPS) is 16.6. The Morgan fingerprint density at radius 3 is 0.846 bits per heavy atom. The van der Waals surface area contributed by atoms with Crippen LogP contribution in [-0.2, 0) is 83.2 Å². The van der Waals surface area contributed by atoms with Crippen molar-refractivity contribution in [3.05, 3.63) is 208 Å². The number of amides is 15. The molecule has 6 aromatic rings. The van der Waals surface area contributed by atoms with E-state index in [0.717, 1.165) is 23.1 Å². The summed E-state index contributed by atoms with van der Waals surface area (Å²) in [6.45, 7) is 21.6. The van der Waals surface area contributed by atoms with Gasteiger partial charge in [-0.2, -0.15) is 0 Å². The number of aryl methyl sites for hydroxylation is 6. The van der Waals surface area contributed by atoms with Crippen molar-refractivity contribution >= 4 is 123 Å². The van der Waals surface area contributed by atoms with Gasteiger partial charge in [0, 0.05) is 93.0 Å². The van der Waals surface area contributed by atoms with Crippen LogP contribution >= 0.6 is 34.8 Å². The summed E-state index contributed by atoms with van der Waals surface area (Å²) in [7, 11) is 0. The molecule has 30 nitrogen and oxygen atoms in total. The first-order valence-corrected chi connectivity index (χ1v) is 44.6. The van der Waals surface area contributed by atoms with Gasteiger partial charge in [-0.05, 0) is 211 Å². The van der Waals surface area contributed by atoms with E-state index in [4.69, 9.17) is 52.0 Å². The van der Waals surface area contributed by atoms with Crippen molar-refractivity contribution in [2.24, 2.45) is 35.0 Å². The Bertz CT molecular complexity index is 4900. The van der Waals surface area contributed by atoms with Crippen LogP contribution in [0, 0.1) is 69.8 Å². The van der Waals surface area contributed by atoms with Gasteiger partial charge in [-0.1, -0.05) is 131 Å². The average molecular weight is 1860 g/mol. The van der Waals surface area contributed by atoms with Gasteiger partial charge in [0.05, 0.1) is 15.1 Å². The maximum absolute atomic E-state index is 14.0. The Morgan fingerprint density at radius 1 is 0.369 bits per heavy atom. The molecule has 15 amide bonds. The second-order valence-electron chi connectivity index (χ2n) is 33.2. The summed E-state index contributed by atoms with van der Waals surface area (Å²) in [5.74, 6) is -11.0. The first-order valence-electron chi connectivity index (χ1n) is 43.5. The number of carbonyl (C=O) groups excluding carboxylic acids is 15. The largest absolute Gasteiger partial charge is 0.368 e. The van der Waals surface area contributed by atoms with Gasteiger partial charge in [-0.25, -0.2) is 13.2 Å². The number of carbonyl (C=O) groups is 15. The lowest BCUT2D eigenvalue weighted by molar-refractivity contribution is -0.142. The van der Waals surface area contributed by atoms with E-state index in [2.05, 4.69) is 47.9 Å². The zero-order chi connectivity index (χ0) is 96.2. The van der Waals surface area contributed by atoms with Crippen molar-refractivity contribution in [3.63, 3.8) is 0 Å². The molecule has 36 heteroatoms. The van der Waals surface area contributed by atoms with Crippen LogP contribution in [0.3, 0.4) is 0 Å². The molecular formula is C94H119Cl3F3N15O15. The number of primary amides is 3. The molecule has 6 aromatic carbocycles. The molecule has 3 heterocycles. The second-order valence-corrected chi connectivity index (χ2v) is 34.4. The van der Waals surface area contributed by atoms with Gasteiger partial charge in [0.2, 0.25) is 70.9 Å². The average Bonchev–Trinajstić information content (AvgIpc) is 1.59. The predicted octanol–water partition coefficient (Wildman–Crippen LogP) is 7.94. The third-order valence-corrected chi connectivity index (χ3v) is 24.4. The standard InChI is InChI=1S/C32H41ClFN5O5.2C31H39ClFN5O5/c1-5-18(3)29(41)37-25(16-22-15-23(33)24(34)14-19(22)4)32(44)39-13-7-8-27(39)31(43)38-26(28(35)40)17-36-30(42)21-11-9-20(6-2)10-12-21;2*1-5-18(3)28(40)36-24(15-21-14-22(32)23(33)13-19(21)4)31(43)38-12-6-7-26(38)30(42)37-25(27(34)39)16-35-29(41)20-10-8-17(2)9-11-20/h9-12,14-15,18,25-27H,5-8,13,16-17H2,1-4H3,(H2,35,40)(H,36,42)(H,37,41)(H,38,43);2*8-11,13-14,18,24-26H,5-7,12,15-16H2,1-4H3,(H2,34,39)(H,35,41)(H,36,40)(H,37,42)/t18-,25+,26+,27+;2*18-,24+,25+,26+/m111/s1. The third-order valence-electron chi connectivity index (χ3n) is 23.6. The molecule has 3 fully saturated rings. The predicted molar refractivity (Wildman–Crippen MR) is 486 cm³/mol. The van der Waals surface area contributed by atoms with E-state index >= 15 is 0 Å². The highest BCUT2D eigenvalue weighted by Gasteiger charge is 2.44. The van der Waals surface area contributed by atoms with Gasteiger partial charge in [0.1, 0.15) is 71.8 Å². The zero-order valence-corrected chi connectivity index (χ0v) is 77.5. The summed E-state index contributed by atoms with van der Waals surface area (Å²) in [5.41, 5.74) is 24.2. The maximum Gasteiger partial charge on any atom is 0.251 e. The van der Waals surface area contributed by atoms with Crippen molar-refractivity contribution in [2.75, 3.05) is 39.3 Å². The van der Waals surface area contributed by atoms with Crippen LogP contribution in [0.15, 0.2) is 109 Å². The maximum atomic E-state index is 14.0. The number of halogens is 6. The highest BCUT2D eigenvalue weighted by Crippen LogP contribution is 2.29. The molecule has 9 rings (SSSR count). The fourth-order valence-electron chi connectivity index (χ4n) is 14.7. The molecule has 0 aliphatic carbocycles. The Balaban J connectivity index is 0.000000267. The fourth-order valence-corrected chi connectivity index (χ4v) is 15.2. The van der Waals surface area contributed by atoms with Crippen LogP contribution in [-0.4, -0.2) is 197 Å². The molecule has 3 saturated heterocycles. The Kier molecular flexibility index (Phi) is 40.2. The molecule has 3 aliphatic rings. The smallest absolute Gasteiger partial charge is 0.251 e. The Morgan fingerprint density at radius 2 is 0.615 bits per heavy atom. The number of rotatable bonds is 37. The molecule has 0 saturated carbocycles. The van der Waals surface area contributed by atoms with Crippen molar-refractivity contribution in [1.82, 2.24) is 62.6 Å². The van der Waals surface area contributed by atoms with Crippen LogP contribution in [0.5, 0.6) is 0 Å². The first kappa shape index (κ1) is 105. The summed E-state index contributed by atoms with van der Waals surface area (Å²) in [6.07, 6.45) is 5.11. The van der Waals surface area contributed by atoms with Gasteiger partial charge in [0.25, 0.3) is 17.7 Å². The summed E-state index contributed by atoms with van der Waals surface area (Å²) >= 11 is 18.0. The molecule has 702 valence electrons. The summed E-state index contributed by atoms with van der Waals surface area (Å²) < 4.78 is 42.0. The van der Waals surface area contributed by atoms with E-state index in [1.807, 2.05) is 53.7 Å². The highest BCUT2D eigenvalue weighted by atomic mass is 35.5. The third kappa shape index (κ3) is 29.8. The molecule has 0 spiro atoms. The van der Waals surface area contributed by atoms with Gasteiger partial charge in [0.15, 0.2) is 0 Å². The lowest BCUT2D eigenvalue weighted by Crippen LogP contribution is -2.58. The molecule has 3 aliphatic heterocycles. The lowest BCUT2D eigenvalue weighted by Gasteiger charge is -2.30. The van der Waals surface area contributed by atoms with Gasteiger partial charge in [-0.3, -0.25) is 71.9 Å². The number of nitrogens with two attached hydrogens (primary N) is 3. The first-order chi connectivity index (χ1) is 61.5. The number of hydrogen-bond donors (Lipinski definition) is 12. The molecule has 0 radical (unpaired) electrons. The van der Waals surface area contributed by atoms with E-state index in [1.54, 1.807) is 102 Å². The minimum Gasteiger partial charge on any atom is -0.368 e. The van der Waals surface area contributed by atoms with Gasteiger partial charge >= 0.3 is 0 Å². The fraction of sp³-hybridized carbons (Fsp3) is 0.457. The highest BCUT2D eigenvalue weighted by molar-refractivity contribution is 6.31. The van der Waals surface area contributed by atoms with Crippen LogP contribution in [0.2, 0.25) is 15.1 Å². The van der Waals surface area contributed by atoms with Crippen molar-refractivity contribution in [1.29, 1.82) is 0 Å². The molecule has 12 atom stereocenters. The second kappa shape index (κ2) is 49.7. The van der Waals surface area contributed by atoms with E-state index < -0.39 is 143 Å². The summed E-state index contributed by atoms with van der Waals surface area (Å²) in [5, 5.41) is 23.7. The van der Waals surface area contributed by atoms with Crippen LogP contribution < -0.4 is 65.1 Å². The Labute approximate surface area is 770 Å². The van der Waals surface area contributed by atoms with Crippen molar-refractivity contribution in [2.45, 2.75) is 221 Å². The van der Waals surface area contributed by atoms with Gasteiger partial charge in [-0.15, -0.1) is 0 Å². The topological polar surface area (TPSA) is 452 Å². The SMILES string of the molecule is CC[C@@H](C)C(=O)N[C@@H](Cc1cc(Cl)c(F)cc1C)C(=O)N1CCC[C@H]1C(=O)N[C@@H](CNC(=O)c1ccc(C)cc1)C(N)=O.CC[C@@H](C)C(=O)N[C@@H](Cc1cc(Cl)c(F)cc1C)C(=O)N1CCC[C@H]1C(=O)N[C@@H](CNC(=O)c1ccc(C)cc1)C(N)=O.CCc1ccc(C(=O)NC[C@H](NC(=O)[C@@H]2CCCN2C(=O)[C@H](Cc2cc(Cl)c(F)cc2C)NC(=O)[C@H](C)CC)C(N)=O)cc1. The minimum atomic E-state index is -1.22. The van der Waals surface area contributed by atoms with Crippen molar-refractivity contribution in [3.8, 4) is 0 Å². The molecule has 15 N–H and O–H groups in total. The monoisotopic (exact) mass is 1860 g/mol. The van der Waals surface area contributed by atoms with E-state index in [0.29, 0.717) is 108 Å². The van der Waals surface area contributed by atoms with E-state index in [-0.39, 0.29) is 109 Å². The minimum absolute atomic E-state index is 0.0344. The number of nitrogens with one attached hydrogen (secondary N) is 9. The number of benzene rings is 6. The van der Waals surface area contributed by atoms with Crippen molar-refractivity contribution < 1.29 is 85.1 Å². The number of hydrogen-bond acceptors (Lipinski definition) is 15. The number of nitrogens with zero attached hydrogens (tertiary/aromatic N) is 3. The van der Waals surface area contributed by atoms with Crippen LogP contribution in [0.1, 0.15) is 187 Å². The lowest BCUT2D eigenvalue weighted by atomic mass is 9.98. The van der Waals surface area contributed by atoms with Gasteiger partial charge < -0.3 is 79.8 Å². The summed E-state index contributed by atoms with van der Waals surface area (Å²) in [6, 6.07) is 19.2. The van der Waals surface area contributed by atoms with Crippen LogP contribution in [0.25, 0.3) is 0 Å². The molecule has 0 unspecified atom stereocenters. The summed E-state index contributed by atoms with van der Waals surface area (Å²) in [4.78, 5) is 199. The van der Waals surface area contributed by atoms with Crippen LogP contribution in [0.4, 0.5) is 13.2 Å². The van der Waals surface area contributed by atoms with E-state index in [9.17, 15) is 85.1 Å². The molecule has 0 bridgehead atoms. The van der Waals surface area contributed by atoms with E-state index in [1.165, 1.54) is 51.1 Å². The quantitative estimate of drug-likeness (QED) is 0.0176. The molecule has 0 aromatic heterocycles. The Hall–Kier alpha value is -12.0.